The third-order valence-electron chi connectivity index (χ3n) is 6.19. The monoisotopic (exact) mass is 387 g/mol. The Kier molecular flexibility index (Phi) is 7.31. The van der Waals surface area contributed by atoms with Crippen LogP contribution in [0.25, 0.3) is 0 Å². The largest absolute Gasteiger partial charge is 0.497 e. The van der Waals surface area contributed by atoms with Crippen molar-refractivity contribution in [2.45, 2.75) is 39.0 Å². The minimum Gasteiger partial charge on any atom is -0.497 e. The van der Waals surface area contributed by atoms with Crippen molar-refractivity contribution in [3.8, 4) is 5.75 Å². The number of rotatable bonds is 7. The number of carbonyl (C=O) groups is 2. The Morgan fingerprint density at radius 2 is 1.82 bits per heavy atom. The third kappa shape index (κ3) is 5.47. The van der Waals surface area contributed by atoms with E-state index in [1.807, 2.05) is 41.0 Å². The van der Waals surface area contributed by atoms with Gasteiger partial charge in [0.05, 0.1) is 20.2 Å². The van der Waals surface area contributed by atoms with Crippen LogP contribution in [0.3, 0.4) is 0 Å². The highest BCUT2D eigenvalue weighted by Crippen LogP contribution is 2.36. The van der Waals surface area contributed by atoms with Crippen LogP contribution in [-0.2, 0) is 9.59 Å². The van der Waals surface area contributed by atoms with Gasteiger partial charge in [-0.15, -0.1) is 0 Å². The summed E-state index contributed by atoms with van der Waals surface area (Å²) < 4.78 is 5.13. The molecule has 0 spiro atoms. The summed E-state index contributed by atoms with van der Waals surface area (Å²) >= 11 is 0. The fourth-order valence-corrected chi connectivity index (χ4v) is 4.48. The Hall–Kier alpha value is -2.08. The van der Waals surface area contributed by atoms with E-state index in [1.165, 1.54) is 25.7 Å². The van der Waals surface area contributed by atoms with Gasteiger partial charge in [0.25, 0.3) is 0 Å². The van der Waals surface area contributed by atoms with E-state index in [1.54, 1.807) is 7.11 Å². The summed E-state index contributed by atoms with van der Waals surface area (Å²) in [7, 11) is 1.61. The van der Waals surface area contributed by atoms with Crippen LogP contribution >= 0.6 is 0 Å². The first-order valence-corrected chi connectivity index (χ1v) is 10.5. The fraction of sp³-hybridized carbons (Fsp3) is 0.636. The first-order chi connectivity index (χ1) is 13.6. The number of likely N-dealkylation sites (tertiary alicyclic amines) is 1. The summed E-state index contributed by atoms with van der Waals surface area (Å²) in [6.45, 7) is 4.95. The van der Waals surface area contributed by atoms with Gasteiger partial charge < -0.3 is 15.0 Å². The number of piperidine rings is 1. The van der Waals surface area contributed by atoms with Crippen LogP contribution in [0.2, 0.25) is 0 Å². The van der Waals surface area contributed by atoms with Gasteiger partial charge in [-0.05, 0) is 55.5 Å². The Labute approximate surface area is 168 Å². The quantitative estimate of drug-likeness (QED) is 0.781. The van der Waals surface area contributed by atoms with Crippen LogP contribution < -0.4 is 10.1 Å². The highest BCUT2D eigenvalue weighted by molar-refractivity contribution is 5.92. The zero-order valence-corrected chi connectivity index (χ0v) is 17.2. The maximum atomic E-state index is 12.8. The number of fused-ring (bicyclic) bond motifs is 1. The second kappa shape index (κ2) is 9.92. The first-order valence-electron chi connectivity index (χ1n) is 10.5. The molecule has 1 aromatic carbocycles. The molecule has 28 heavy (non-hydrogen) atoms. The zero-order chi connectivity index (χ0) is 19.9. The molecule has 1 saturated carbocycles. The first kappa shape index (κ1) is 20.6. The summed E-state index contributed by atoms with van der Waals surface area (Å²) in [6, 6.07) is 7.25. The summed E-state index contributed by atoms with van der Waals surface area (Å²) in [5, 5.41) is 2.89. The van der Waals surface area contributed by atoms with Gasteiger partial charge in [0, 0.05) is 18.8 Å². The molecule has 0 unspecified atom stereocenters. The molecule has 6 heteroatoms. The molecule has 1 heterocycles. The molecule has 0 aromatic heterocycles. The van der Waals surface area contributed by atoms with E-state index in [0.717, 1.165) is 36.9 Å². The predicted molar refractivity (Wildman–Crippen MR) is 110 cm³/mol. The fourth-order valence-electron chi connectivity index (χ4n) is 4.48. The van der Waals surface area contributed by atoms with Crippen molar-refractivity contribution in [2.75, 3.05) is 45.2 Å². The number of nitrogens with one attached hydrogen (secondary N) is 1. The molecule has 2 atom stereocenters. The van der Waals surface area contributed by atoms with Crippen molar-refractivity contribution in [1.82, 2.24) is 9.80 Å². The van der Waals surface area contributed by atoms with Gasteiger partial charge in [-0.3, -0.25) is 14.5 Å². The highest BCUT2D eigenvalue weighted by atomic mass is 16.5. The molecule has 6 nitrogen and oxygen atoms in total. The molecule has 1 aromatic rings. The molecular weight excluding hydrogens is 354 g/mol. The number of anilines is 1. The molecule has 2 amide bonds. The molecule has 3 rings (SSSR count). The highest BCUT2D eigenvalue weighted by Gasteiger charge is 2.33. The maximum Gasteiger partial charge on any atom is 0.238 e. The van der Waals surface area contributed by atoms with E-state index in [2.05, 4.69) is 5.32 Å². The third-order valence-corrected chi connectivity index (χ3v) is 6.19. The number of ether oxygens (including phenoxy) is 1. The molecule has 154 valence electrons. The van der Waals surface area contributed by atoms with Gasteiger partial charge in [-0.1, -0.05) is 26.2 Å². The SMILES string of the molecule is CCN(CC(=O)Nc1ccc(OC)cc1)CC(=O)N1CC[C@@H]2CCCC[C@@H]2C1. The van der Waals surface area contributed by atoms with Gasteiger partial charge in [0.15, 0.2) is 0 Å². The average molecular weight is 388 g/mol. The Morgan fingerprint density at radius 3 is 2.50 bits per heavy atom. The second-order valence-electron chi connectivity index (χ2n) is 8.01. The summed E-state index contributed by atoms with van der Waals surface area (Å²) in [5.41, 5.74) is 0.729. The van der Waals surface area contributed by atoms with E-state index in [0.29, 0.717) is 19.0 Å². The molecule has 1 saturated heterocycles. The van der Waals surface area contributed by atoms with Crippen molar-refractivity contribution in [2.24, 2.45) is 11.8 Å². The minimum absolute atomic E-state index is 0.106. The van der Waals surface area contributed by atoms with Crippen LogP contribution in [0.1, 0.15) is 39.0 Å². The number of amides is 2. The van der Waals surface area contributed by atoms with E-state index < -0.39 is 0 Å². The van der Waals surface area contributed by atoms with Gasteiger partial charge in [-0.25, -0.2) is 0 Å². The van der Waals surface area contributed by atoms with Crippen molar-refractivity contribution >= 4 is 17.5 Å². The van der Waals surface area contributed by atoms with Crippen molar-refractivity contribution in [3.63, 3.8) is 0 Å². The van der Waals surface area contributed by atoms with Crippen LogP contribution in [0.5, 0.6) is 5.75 Å². The normalized spacial score (nSPS) is 21.9. The van der Waals surface area contributed by atoms with Crippen molar-refractivity contribution < 1.29 is 14.3 Å². The Balaban J connectivity index is 1.47. The standard InChI is InChI=1S/C22H33N3O3/c1-3-24(15-21(26)23-19-8-10-20(28-2)11-9-19)16-22(27)25-13-12-17-6-4-5-7-18(17)14-25/h8-11,17-18H,3-7,12-16H2,1-2H3,(H,23,26)/t17-,18+/m0/s1. The lowest BCUT2D eigenvalue weighted by molar-refractivity contribution is -0.135. The van der Waals surface area contributed by atoms with Gasteiger partial charge in [-0.2, -0.15) is 0 Å². The lowest BCUT2D eigenvalue weighted by Gasteiger charge is -2.41. The van der Waals surface area contributed by atoms with E-state index >= 15 is 0 Å². The molecule has 0 bridgehead atoms. The molecular formula is C22H33N3O3. The molecule has 1 N–H and O–H groups in total. The van der Waals surface area contributed by atoms with E-state index in [-0.39, 0.29) is 18.4 Å². The number of hydrogen-bond acceptors (Lipinski definition) is 4. The van der Waals surface area contributed by atoms with Crippen LogP contribution in [0.15, 0.2) is 24.3 Å². The molecule has 1 aliphatic carbocycles. The van der Waals surface area contributed by atoms with Crippen molar-refractivity contribution in [3.05, 3.63) is 24.3 Å². The zero-order valence-electron chi connectivity index (χ0n) is 17.2. The summed E-state index contributed by atoms with van der Waals surface area (Å²) in [5.74, 6) is 2.30. The van der Waals surface area contributed by atoms with E-state index in [4.69, 9.17) is 4.74 Å². The Morgan fingerprint density at radius 1 is 1.11 bits per heavy atom. The summed E-state index contributed by atoms with van der Waals surface area (Å²) in [4.78, 5) is 29.1. The van der Waals surface area contributed by atoms with E-state index in [9.17, 15) is 9.59 Å². The van der Waals surface area contributed by atoms with Crippen LogP contribution in [0.4, 0.5) is 5.69 Å². The van der Waals surface area contributed by atoms with Gasteiger partial charge in [0.1, 0.15) is 5.75 Å². The second-order valence-corrected chi connectivity index (χ2v) is 8.01. The van der Waals surface area contributed by atoms with Crippen molar-refractivity contribution in [1.29, 1.82) is 0 Å². The molecule has 1 aliphatic heterocycles. The van der Waals surface area contributed by atoms with Gasteiger partial charge in [0.2, 0.25) is 11.8 Å². The number of nitrogens with zero attached hydrogens (tertiary/aromatic N) is 2. The van der Waals surface area contributed by atoms with Gasteiger partial charge >= 0.3 is 0 Å². The molecule has 2 aliphatic rings. The average Bonchev–Trinajstić information content (AvgIpc) is 2.73. The number of benzene rings is 1. The number of hydrogen-bond donors (Lipinski definition) is 1. The summed E-state index contributed by atoms with van der Waals surface area (Å²) in [6.07, 6.45) is 6.38. The number of likely N-dealkylation sites (N-methyl/N-ethyl adjacent to an activating group) is 1. The van der Waals surface area contributed by atoms with Crippen LogP contribution in [-0.4, -0.2) is 61.4 Å². The lowest BCUT2D eigenvalue weighted by atomic mass is 9.75. The maximum absolute atomic E-state index is 12.8. The predicted octanol–water partition coefficient (Wildman–Crippen LogP) is 2.99. The number of carbonyl (C=O) groups excluding carboxylic acids is 2. The number of methoxy groups -OCH3 is 1. The smallest absolute Gasteiger partial charge is 0.238 e. The lowest BCUT2D eigenvalue weighted by Crippen LogP contribution is -2.49. The minimum atomic E-state index is -0.106. The molecule has 2 fully saturated rings. The Bertz CT molecular complexity index is 661. The molecule has 0 radical (unpaired) electrons. The van der Waals surface area contributed by atoms with Crippen LogP contribution in [0, 0.1) is 11.8 Å². The topological polar surface area (TPSA) is 61.9 Å².